The van der Waals surface area contributed by atoms with E-state index in [-0.39, 0.29) is 5.02 Å². The van der Waals surface area contributed by atoms with Gasteiger partial charge >= 0.3 is 0 Å². The Hall–Kier alpha value is -0.910. The van der Waals surface area contributed by atoms with Crippen LogP contribution in [0.3, 0.4) is 0 Å². The number of nitrogens with one attached hydrogen (secondary N) is 2. The highest BCUT2D eigenvalue weighted by molar-refractivity contribution is 7.80. The van der Waals surface area contributed by atoms with E-state index in [1.807, 2.05) is 0 Å². The Labute approximate surface area is 142 Å². The van der Waals surface area contributed by atoms with Crippen LogP contribution in [-0.2, 0) is 0 Å². The van der Waals surface area contributed by atoms with Gasteiger partial charge in [0.25, 0.3) is 0 Å². The number of nitrogens with zero attached hydrogens (tertiary/aromatic N) is 1. The average Bonchev–Trinajstić information content (AvgIpc) is 2.49. The van der Waals surface area contributed by atoms with Gasteiger partial charge in [0.05, 0.1) is 5.02 Å². The summed E-state index contributed by atoms with van der Waals surface area (Å²) in [4.78, 5) is 2.54. The number of piperidine rings is 1. The van der Waals surface area contributed by atoms with E-state index in [0.29, 0.717) is 16.8 Å². The van der Waals surface area contributed by atoms with E-state index in [0.717, 1.165) is 19.5 Å². The third-order valence-corrected chi connectivity index (χ3v) is 4.56. The zero-order chi connectivity index (χ0) is 15.9. The summed E-state index contributed by atoms with van der Waals surface area (Å²) in [5.41, 5.74) is 0.688. The van der Waals surface area contributed by atoms with Crippen LogP contribution in [0.25, 0.3) is 0 Å². The minimum Gasteiger partial charge on any atom is -0.362 e. The van der Waals surface area contributed by atoms with Crippen LogP contribution < -0.4 is 10.6 Å². The molecule has 2 rings (SSSR count). The lowest BCUT2D eigenvalue weighted by molar-refractivity contribution is 0.159. The Morgan fingerprint density at radius 3 is 3.00 bits per heavy atom. The summed E-state index contributed by atoms with van der Waals surface area (Å²) in [6, 6.07) is 5.16. The lowest BCUT2D eigenvalue weighted by Gasteiger charge is -2.33. The maximum Gasteiger partial charge on any atom is 0.170 e. The summed E-state index contributed by atoms with van der Waals surface area (Å²) < 4.78 is 13.1. The van der Waals surface area contributed by atoms with E-state index in [1.165, 1.54) is 37.9 Å². The van der Waals surface area contributed by atoms with Crippen molar-refractivity contribution in [2.45, 2.75) is 38.6 Å². The smallest absolute Gasteiger partial charge is 0.170 e. The molecule has 1 aromatic rings. The first kappa shape index (κ1) is 17.4. The van der Waals surface area contributed by atoms with Crippen LogP contribution in [-0.4, -0.2) is 35.7 Å². The van der Waals surface area contributed by atoms with Crippen LogP contribution in [0.15, 0.2) is 18.2 Å². The molecule has 1 fully saturated rings. The first-order valence-electron chi connectivity index (χ1n) is 7.80. The van der Waals surface area contributed by atoms with Crippen LogP contribution in [0.1, 0.15) is 32.6 Å². The molecule has 0 aliphatic carbocycles. The standard InChI is InChI=1S/C16H23ClFN3S/c1-12-5-2-3-9-21(12)10-4-8-19-16(22)20-13-6-7-15(18)14(17)11-13/h6-7,11-12H,2-5,8-10H2,1H3,(H2,19,20,22)/t12-/m0/s1. The predicted molar refractivity (Wildman–Crippen MR) is 95.1 cm³/mol. The topological polar surface area (TPSA) is 27.3 Å². The molecule has 0 radical (unpaired) electrons. The summed E-state index contributed by atoms with van der Waals surface area (Å²) in [6.07, 6.45) is 5.02. The van der Waals surface area contributed by atoms with E-state index < -0.39 is 5.82 Å². The van der Waals surface area contributed by atoms with Crippen molar-refractivity contribution < 1.29 is 4.39 Å². The van der Waals surface area contributed by atoms with Gasteiger partial charge in [-0.15, -0.1) is 0 Å². The third kappa shape index (κ3) is 5.38. The maximum absolute atomic E-state index is 13.1. The van der Waals surface area contributed by atoms with Crippen molar-refractivity contribution in [3.8, 4) is 0 Å². The minimum atomic E-state index is -0.429. The number of thiocarbonyl (C=S) groups is 1. The van der Waals surface area contributed by atoms with Gasteiger partial charge in [0, 0.05) is 24.8 Å². The molecule has 0 spiro atoms. The molecular weight excluding hydrogens is 321 g/mol. The summed E-state index contributed by atoms with van der Waals surface area (Å²) >= 11 is 11.0. The minimum absolute atomic E-state index is 0.0897. The number of rotatable bonds is 5. The molecule has 1 atom stereocenters. The molecule has 1 aromatic carbocycles. The van der Waals surface area contributed by atoms with Gasteiger partial charge in [0.1, 0.15) is 5.82 Å². The zero-order valence-corrected chi connectivity index (χ0v) is 14.4. The van der Waals surface area contributed by atoms with Gasteiger partial charge in [-0.2, -0.15) is 0 Å². The molecule has 0 amide bonds. The summed E-state index contributed by atoms with van der Waals surface area (Å²) in [7, 11) is 0. The van der Waals surface area contributed by atoms with Crippen LogP contribution in [0.2, 0.25) is 5.02 Å². The lowest BCUT2D eigenvalue weighted by Crippen LogP contribution is -2.39. The number of anilines is 1. The second-order valence-corrected chi connectivity index (χ2v) is 6.56. The van der Waals surface area contributed by atoms with Crippen molar-refractivity contribution in [3.05, 3.63) is 29.0 Å². The van der Waals surface area contributed by atoms with E-state index in [2.05, 4.69) is 22.5 Å². The van der Waals surface area contributed by atoms with E-state index in [4.69, 9.17) is 23.8 Å². The van der Waals surface area contributed by atoms with E-state index >= 15 is 0 Å². The second kappa shape index (κ2) is 8.65. The fraction of sp³-hybridized carbons (Fsp3) is 0.562. The van der Waals surface area contributed by atoms with Gasteiger partial charge < -0.3 is 15.5 Å². The van der Waals surface area contributed by atoms with Crippen molar-refractivity contribution in [1.29, 1.82) is 0 Å². The van der Waals surface area contributed by atoms with Crippen molar-refractivity contribution in [2.75, 3.05) is 25.0 Å². The SMILES string of the molecule is C[C@H]1CCCCN1CCCNC(=S)Nc1ccc(F)c(Cl)c1. The van der Waals surface area contributed by atoms with Crippen LogP contribution >= 0.6 is 23.8 Å². The molecule has 122 valence electrons. The Bertz CT molecular complexity index is 512. The first-order chi connectivity index (χ1) is 10.6. The monoisotopic (exact) mass is 343 g/mol. The average molecular weight is 344 g/mol. The molecule has 22 heavy (non-hydrogen) atoms. The Kier molecular flexibility index (Phi) is 6.86. The van der Waals surface area contributed by atoms with E-state index in [9.17, 15) is 4.39 Å². The number of likely N-dealkylation sites (tertiary alicyclic amines) is 1. The lowest BCUT2D eigenvalue weighted by atomic mass is 10.0. The summed E-state index contributed by atoms with van der Waals surface area (Å²) in [5.74, 6) is -0.429. The molecular formula is C16H23ClFN3S. The van der Waals surface area contributed by atoms with Crippen molar-refractivity contribution >= 4 is 34.6 Å². The molecule has 0 saturated carbocycles. The van der Waals surface area contributed by atoms with Gasteiger partial charge in [-0.1, -0.05) is 18.0 Å². The molecule has 6 heteroatoms. The quantitative estimate of drug-likeness (QED) is 0.623. The number of benzene rings is 1. The molecule has 1 heterocycles. The molecule has 0 aromatic heterocycles. The normalized spacial score (nSPS) is 19.0. The Balaban J connectivity index is 1.66. The van der Waals surface area contributed by atoms with E-state index in [1.54, 1.807) is 6.07 Å². The Morgan fingerprint density at radius 1 is 1.45 bits per heavy atom. The maximum atomic E-state index is 13.1. The molecule has 2 N–H and O–H groups in total. The van der Waals surface area contributed by atoms with Gasteiger partial charge in [0.2, 0.25) is 0 Å². The van der Waals surface area contributed by atoms with Crippen LogP contribution in [0.4, 0.5) is 10.1 Å². The predicted octanol–water partition coefficient (Wildman–Crippen LogP) is 4.03. The third-order valence-electron chi connectivity index (χ3n) is 4.03. The molecule has 1 saturated heterocycles. The molecule has 1 aliphatic heterocycles. The molecule has 0 bridgehead atoms. The molecule has 1 aliphatic rings. The Morgan fingerprint density at radius 2 is 2.27 bits per heavy atom. The molecule has 3 nitrogen and oxygen atoms in total. The van der Waals surface area contributed by atoms with Gasteiger partial charge in [-0.3, -0.25) is 0 Å². The zero-order valence-electron chi connectivity index (χ0n) is 12.9. The molecule has 0 unspecified atom stereocenters. The first-order valence-corrected chi connectivity index (χ1v) is 8.59. The summed E-state index contributed by atoms with van der Waals surface area (Å²) in [5, 5.41) is 6.82. The fourth-order valence-corrected chi connectivity index (χ4v) is 3.12. The largest absolute Gasteiger partial charge is 0.362 e. The second-order valence-electron chi connectivity index (χ2n) is 5.74. The summed E-state index contributed by atoms with van der Waals surface area (Å²) in [6.45, 7) is 5.43. The van der Waals surface area contributed by atoms with Crippen LogP contribution in [0.5, 0.6) is 0 Å². The van der Waals surface area contributed by atoms with Gasteiger partial charge in [-0.25, -0.2) is 4.39 Å². The highest BCUT2D eigenvalue weighted by Crippen LogP contribution is 2.19. The highest BCUT2D eigenvalue weighted by Gasteiger charge is 2.17. The van der Waals surface area contributed by atoms with Crippen LogP contribution in [0, 0.1) is 5.82 Å². The number of hydrogen-bond acceptors (Lipinski definition) is 2. The van der Waals surface area contributed by atoms with Crippen molar-refractivity contribution in [3.63, 3.8) is 0 Å². The number of halogens is 2. The van der Waals surface area contributed by atoms with Gasteiger partial charge in [0.15, 0.2) is 5.11 Å². The van der Waals surface area contributed by atoms with Crippen molar-refractivity contribution in [2.24, 2.45) is 0 Å². The number of hydrogen-bond donors (Lipinski definition) is 2. The highest BCUT2D eigenvalue weighted by atomic mass is 35.5. The fourth-order valence-electron chi connectivity index (χ4n) is 2.72. The van der Waals surface area contributed by atoms with Gasteiger partial charge in [-0.05, 0) is 63.1 Å². The van der Waals surface area contributed by atoms with Crippen molar-refractivity contribution in [1.82, 2.24) is 10.2 Å².